The molecule has 0 fully saturated rings. The molecule has 0 bridgehead atoms. The Morgan fingerprint density at radius 2 is 2.00 bits per heavy atom. The average molecular weight is 271 g/mol. The molecule has 0 aromatic heterocycles. The van der Waals surface area contributed by atoms with Gasteiger partial charge in [0.2, 0.25) is 10.0 Å². The van der Waals surface area contributed by atoms with Crippen LogP contribution in [0, 0.1) is 0 Å². The zero-order chi connectivity index (χ0) is 13.8. The Labute approximate surface area is 109 Å². The first-order valence-corrected chi connectivity index (χ1v) is 7.70. The lowest BCUT2D eigenvalue weighted by Crippen LogP contribution is -2.13. The standard InChI is InChI=1S/C13H21NO3S/c1-4-5-8-17-13-7-6-11(18(14,15)16)9-12(13)10(2)3/h6-7,9-10H,4-5,8H2,1-3H3,(H2,14,15,16). The molecule has 1 aromatic rings. The van der Waals surface area contributed by atoms with Gasteiger partial charge in [0.25, 0.3) is 0 Å². The third kappa shape index (κ3) is 3.99. The lowest BCUT2D eigenvalue weighted by Gasteiger charge is -2.15. The molecule has 4 nitrogen and oxygen atoms in total. The SMILES string of the molecule is CCCCOc1ccc(S(N)(=O)=O)cc1C(C)C. The van der Waals surface area contributed by atoms with Crippen molar-refractivity contribution < 1.29 is 13.2 Å². The summed E-state index contributed by atoms with van der Waals surface area (Å²) in [5.41, 5.74) is 0.873. The van der Waals surface area contributed by atoms with E-state index < -0.39 is 10.0 Å². The van der Waals surface area contributed by atoms with Crippen LogP contribution in [-0.4, -0.2) is 15.0 Å². The number of unbranched alkanes of at least 4 members (excludes halogenated alkanes) is 1. The van der Waals surface area contributed by atoms with Gasteiger partial charge < -0.3 is 4.74 Å². The van der Waals surface area contributed by atoms with Gasteiger partial charge in [-0.2, -0.15) is 0 Å². The van der Waals surface area contributed by atoms with Crippen molar-refractivity contribution in [2.75, 3.05) is 6.61 Å². The lowest BCUT2D eigenvalue weighted by molar-refractivity contribution is 0.305. The van der Waals surface area contributed by atoms with E-state index in [9.17, 15) is 8.42 Å². The summed E-state index contributed by atoms with van der Waals surface area (Å²) >= 11 is 0. The average Bonchev–Trinajstić information content (AvgIpc) is 2.28. The molecule has 0 aliphatic rings. The van der Waals surface area contributed by atoms with Crippen molar-refractivity contribution in [3.63, 3.8) is 0 Å². The highest BCUT2D eigenvalue weighted by molar-refractivity contribution is 7.89. The van der Waals surface area contributed by atoms with Crippen LogP contribution in [-0.2, 0) is 10.0 Å². The predicted molar refractivity (Wildman–Crippen MR) is 72.3 cm³/mol. The summed E-state index contributed by atoms with van der Waals surface area (Å²) in [6, 6.07) is 4.77. The zero-order valence-electron chi connectivity index (χ0n) is 11.1. The molecule has 0 aliphatic carbocycles. The number of rotatable bonds is 6. The maximum Gasteiger partial charge on any atom is 0.238 e. The first-order valence-electron chi connectivity index (χ1n) is 6.15. The minimum absolute atomic E-state index is 0.133. The van der Waals surface area contributed by atoms with Crippen molar-refractivity contribution in [2.45, 2.75) is 44.4 Å². The molecular weight excluding hydrogens is 250 g/mol. The first kappa shape index (κ1) is 15.0. The van der Waals surface area contributed by atoms with Crippen LogP contribution in [0.2, 0.25) is 0 Å². The summed E-state index contributed by atoms with van der Waals surface area (Å²) in [5.74, 6) is 0.925. The molecule has 0 saturated heterocycles. The van der Waals surface area contributed by atoms with Crippen molar-refractivity contribution in [3.05, 3.63) is 23.8 Å². The van der Waals surface area contributed by atoms with E-state index in [4.69, 9.17) is 9.88 Å². The van der Waals surface area contributed by atoms with E-state index in [0.29, 0.717) is 6.61 Å². The second-order valence-electron chi connectivity index (χ2n) is 4.60. The van der Waals surface area contributed by atoms with Gasteiger partial charge in [0.05, 0.1) is 11.5 Å². The maximum atomic E-state index is 11.3. The van der Waals surface area contributed by atoms with Crippen LogP contribution in [0.15, 0.2) is 23.1 Å². The molecule has 102 valence electrons. The molecule has 0 aliphatic heterocycles. The van der Waals surface area contributed by atoms with Gasteiger partial charge in [-0.05, 0) is 36.1 Å². The van der Waals surface area contributed by atoms with Gasteiger partial charge in [-0.3, -0.25) is 0 Å². The zero-order valence-corrected chi connectivity index (χ0v) is 12.0. The summed E-state index contributed by atoms with van der Waals surface area (Å²) < 4.78 is 28.3. The van der Waals surface area contributed by atoms with Gasteiger partial charge in [0.15, 0.2) is 0 Å². The lowest BCUT2D eigenvalue weighted by atomic mass is 10.0. The molecule has 0 unspecified atom stereocenters. The Balaban J connectivity index is 3.05. The van der Waals surface area contributed by atoms with Crippen molar-refractivity contribution >= 4 is 10.0 Å². The fourth-order valence-corrected chi connectivity index (χ4v) is 2.16. The number of primary sulfonamides is 1. The molecule has 1 rings (SSSR count). The predicted octanol–water partition coefficient (Wildman–Crippen LogP) is 2.64. The van der Waals surface area contributed by atoms with E-state index in [2.05, 4.69) is 6.92 Å². The minimum Gasteiger partial charge on any atom is -0.493 e. The Kier molecular flexibility index (Phi) is 5.16. The molecule has 0 spiro atoms. The molecule has 1 aromatic carbocycles. The number of ether oxygens (including phenoxy) is 1. The normalized spacial score (nSPS) is 11.8. The molecule has 5 heteroatoms. The molecule has 0 amide bonds. The van der Waals surface area contributed by atoms with E-state index in [1.165, 1.54) is 6.07 Å². The van der Waals surface area contributed by atoms with Gasteiger partial charge >= 0.3 is 0 Å². The summed E-state index contributed by atoms with van der Waals surface area (Å²) in [4.78, 5) is 0.133. The third-order valence-electron chi connectivity index (χ3n) is 2.69. The summed E-state index contributed by atoms with van der Waals surface area (Å²) in [6.07, 6.45) is 2.04. The summed E-state index contributed by atoms with van der Waals surface area (Å²) in [7, 11) is -3.66. The Morgan fingerprint density at radius 3 is 2.50 bits per heavy atom. The highest BCUT2D eigenvalue weighted by atomic mass is 32.2. The second-order valence-corrected chi connectivity index (χ2v) is 6.16. The molecule has 2 N–H and O–H groups in total. The van der Waals surface area contributed by atoms with Crippen molar-refractivity contribution in [3.8, 4) is 5.75 Å². The van der Waals surface area contributed by atoms with Gasteiger partial charge in [-0.25, -0.2) is 13.6 Å². The molecule has 0 saturated carbocycles. The Hall–Kier alpha value is -1.07. The smallest absolute Gasteiger partial charge is 0.238 e. The van der Waals surface area contributed by atoms with Crippen LogP contribution in [0.3, 0.4) is 0 Å². The monoisotopic (exact) mass is 271 g/mol. The van der Waals surface area contributed by atoms with Crippen molar-refractivity contribution in [2.24, 2.45) is 5.14 Å². The van der Waals surface area contributed by atoms with E-state index in [1.54, 1.807) is 12.1 Å². The van der Waals surface area contributed by atoms with E-state index >= 15 is 0 Å². The molecule has 0 heterocycles. The minimum atomic E-state index is -3.66. The number of hydrogen-bond acceptors (Lipinski definition) is 3. The van der Waals surface area contributed by atoms with Crippen LogP contribution in [0.25, 0.3) is 0 Å². The molecule has 18 heavy (non-hydrogen) atoms. The van der Waals surface area contributed by atoms with Gasteiger partial charge in [-0.1, -0.05) is 27.2 Å². The largest absolute Gasteiger partial charge is 0.493 e. The van der Waals surface area contributed by atoms with Crippen molar-refractivity contribution in [1.29, 1.82) is 0 Å². The highest BCUT2D eigenvalue weighted by Gasteiger charge is 2.14. The maximum absolute atomic E-state index is 11.3. The Bertz CT molecular complexity index is 495. The summed E-state index contributed by atoms with van der Waals surface area (Å²) in [5, 5.41) is 5.13. The molecular formula is C13H21NO3S. The van der Waals surface area contributed by atoms with E-state index in [-0.39, 0.29) is 10.8 Å². The van der Waals surface area contributed by atoms with Gasteiger partial charge in [-0.15, -0.1) is 0 Å². The fourth-order valence-electron chi connectivity index (χ4n) is 1.61. The van der Waals surface area contributed by atoms with Crippen LogP contribution < -0.4 is 9.88 Å². The quantitative estimate of drug-likeness (QED) is 0.809. The van der Waals surface area contributed by atoms with Crippen LogP contribution in [0.1, 0.15) is 45.1 Å². The van der Waals surface area contributed by atoms with Crippen LogP contribution in [0.4, 0.5) is 0 Å². The molecule has 0 radical (unpaired) electrons. The van der Waals surface area contributed by atoms with Gasteiger partial charge in [0.1, 0.15) is 5.75 Å². The van der Waals surface area contributed by atoms with Gasteiger partial charge in [0, 0.05) is 0 Å². The van der Waals surface area contributed by atoms with E-state index in [1.807, 2.05) is 13.8 Å². The number of sulfonamides is 1. The highest BCUT2D eigenvalue weighted by Crippen LogP contribution is 2.29. The van der Waals surface area contributed by atoms with Crippen LogP contribution >= 0.6 is 0 Å². The molecule has 0 atom stereocenters. The Morgan fingerprint density at radius 1 is 1.33 bits per heavy atom. The third-order valence-corrected chi connectivity index (χ3v) is 3.60. The second kappa shape index (κ2) is 6.20. The number of benzene rings is 1. The fraction of sp³-hybridized carbons (Fsp3) is 0.538. The summed E-state index contributed by atoms with van der Waals surface area (Å²) in [6.45, 7) is 6.73. The first-order chi connectivity index (χ1) is 8.36. The number of nitrogens with two attached hydrogens (primary N) is 1. The van der Waals surface area contributed by atoms with E-state index in [0.717, 1.165) is 24.2 Å². The number of hydrogen-bond donors (Lipinski definition) is 1. The van der Waals surface area contributed by atoms with Crippen LogP contribution in [0.5, 0.6) is 5.75 Å². The van der Waals surface area contributed by atoms with Crippen molar-refractivity contribution in [1.82, 2.24) is 0 Å². The topological polar surface area (TPSA) is 69.4 Å².